The summed E-state index contributed by atoms with van der Waals surface area (Å²) in [6.45, 7) is 2.12. The Labute approximate surface area is 101 Å². The number of alkyl halides is 1. The lowest BCUT2D eigenvalue weighted by atomic mass is 10.1. The lowest BCUT2D eigenvalue weighted by Crippen LogP contribution is -2.20. The van der Waals surface area contributed by atoms with Crippen LogP contribution < -0.4 is 5.32 Å². The molecule has 1 aromatic heterocycles. The molecular weight excluding hydrogens is 220 g/mol. The monoisotopic (exact) mass is 234 g/mol. The number of fused-ring (bicyclic) bond motifs is 1. The highest BCUT2D eigenvalue weighted by Crippen LogP contribution is 2.21. The molecule has 1 aromatic carbocycles. The number of hydrogen-bond donors (Lipinski definition) is 1. The molecule has 0 saturated carbocycles. The van der Waals surface area contributed by atoms with Crippen molar-refractivity contribution in [1.29, 1.82) is 0 Å². The first-order valence-corrected chi connectivity index (χ1v) is 6.05. The van der Waals surface area contributed by atoms with E-state index in [0.717, 1.165) is 17.6 Å². The lowest BCUT2D eigenvalue weighted by Gasteiger charge is -2.15. The summed E-state index contributed by atoms with van der Waals surface area (Å²) in [5.41, 5.74) is 0. The average Bonchev–Trinajstić information content (AvgIpc) is 2.36. The maximum Gasteiger partial charge on any atom is 0.134 e. The lowest BCUT2D eigenvalue weighted by molar-refractivity contribution is 0.767. The summed E-state index contributed by atoms with van der Waals surface area (Å²) in [6, 6.07) is 10.5. The number of hydrogen-bond acceptors (Lipinski definition) is 2. The molecule has 2 nitrogen and oxygen atoms in total. The Bertz CT molecular complexity index is 461. The van der Waals surface area contributed by atoms with Crippen LogP contribution in [-0.4, -0.2) is 16.9 Å². The molecule has 16 heavy (non-hydrogen) atoms. The number of benzene rings is 1. The van der Waals surface area contributed by atoms with Crippen LogP contribution in [0.1, 0.15) is 13.3 Å². The maximum atomic E-state index is 5.88. The van der Waals surface area contributed by atoms with E-state index in [1.807, 2.05) is 24.4 Å². The fraction of sp³-hybridized carbons (Fsp3) is 0.308. The van der Waals surface area contributed by atoms with Crippen molar-refractivity contribution in [2.45, 2.75) is 19.4 Å². The molecule has 0 aliphatic heterocycles. The second-order valence-corrected chi connectivity index (χ2v) is 4.09. The van der Waals surface area contributed by atoms with Crippen molar-refractivity contribution >= 4 is 28.2 Å². The van der Waals surface area contributed by atoms with Gasteiger partial charge in [0.2, 0.25) is 0 Å². The molecule has 2 rings (SSSR count). The van der Waals surface area contributed by atoms with Gasteiger partial charge in [0, 0.05) is 23.5 Å². The number of pyridine rings is 1. The summed E-state index contributed by atoms with van der Waals surface area (Å²) in [4.78, 5) is 4.37. The van der Waals surface area contributed by atoms with Crippen molar-refractivity contribution in [3.63, 3.8) is 0 Å². The van der Waals surface area contributed by atoms with Gasteiger partial charge >= 0.3 is 0 Å². The number of anilines is 1. The molecule has 0 aliphatic rings. The topological polar surface area (TPSA) is 24.9 Å². The van der Waals surface area contributed by atoms with Crippen LogP contribution in [0.4, 0.5) is 5.82 Å². The van der Waals surface area contributed by atoms with Crippen LogP contribution in [0.2, 0.25) is 0 Å². The van der Waals surface area contributed by atoms with Crippen LogP contribution >= 0.6 is 11.6 Å². The number of rotatable bonds is 4. The highest BCUT2D eigenvalue weighted by molar-refractivity contribution is 6.18. The maximum absolute atomic E-state index is 5.88. The Kier molecular flexibility index (Phi) is 3.62. The Morgan fingerprint density at radius 3 is 2.88 bits per heavy atom. The number of nitrogens with one attached hydrogen (secondary N) is 1. The third kappa shape index (κ3) is 2.27. The number of halogens is 1. The summed E-state index contributed by atoms with van der Waals surface area (Å²) in [7, 11) is 0. The molecule has 0 bridgehead atoms. The Morgan fingerprint density at radius 2 is 2.12 bits per heavy atom. The number of aromatic nitrogens is 1. The first kappa shape index (κ1) is 11.2. The third-order valence-electron chi connectivity index (χ3n) is 2.69. The van der Waals surface area contributed by atoms with Gasteiger partial charge in [-0.1, -0.05) is 31.2 Å². The molecule has 1 unspecified atom stereocenters. The van der Waals surface area contributed by atoms with Crippen molar-refractivity contribution in [3.05, 3.63) is 36.5 Å². The van der Waals surface area contributed by atoms with Gasteiger partial charge in [-0.2, -0.15) is 0 Å². The van der Waals surface area contributed by atoms with E-state index in [1.54, 1.807) is 0 Å². The second-order valence-electron chi connectivity index (χ2n) is 3.78. The van der Waals surface area contributed by atoms with Gasteiger partial charge in [0.05, 0.1) is 0 Å². The predicted octanol–water partition coefficient (Wildman–Crippen LogP) is 3.66. The van der Waals surface area contributed by atoms with E-state index in [0.29, 0.717) is 5.88 Å². The fourth-order valence-electron chi connectivity index (χ4n) is 1.68. The van der Waals surface area contributed by atoms with Crippen LogP contribution in [0.3, 0.4) is 0 Å². The Morgan fingerprint density at radius 1 is 1.31 bits per heavy atom. The number of nitrogens with zero attached hydrogens (tertiary/aromatic N) is 1. The van der Waals surface area contributed by atoms with Gasteiger partial charge in [-0.25, -0.2) is 4.98 Å². The molecule has 0 fully saturated rings. The first-order valence-electron chi connectivity index (χ1n) is 5.51. The smallest absolute Gasteiger partial charge is 0.134 e. The largest absolute Gasteiger partial charge is 0.366 e. The summed E-state index contributed by atoms with van der Waals surface area (Å²) in [5, 5.41) is 5.72. The van der Waals surface area contributed by atoms with Crippen LogP contribution in [0.25, 0.3) is 10.8 Å². The molecule has 3 heteroatoms. The summed E-state index contributed by atoms with van der Waals surface area (Å²) in [6.07, 6.45) is 2.82. The van der Waals surface area contributed by atoms with Crippen LogP contribution in [0, 0.1) is 0 Å². The molecular formula is C13H15ClN2. The molecule has 0 saturated heterocycles. The van der Waals surface area contributed by atoms with Crippen molar-refractivity contribution in [2.24, 2.45) is 0 Å². The second kappa shape index (κ2) is 5.17. The van der Waals surface area contributed by atoms with Gasteiger partial charge in [-0.3, -0.25) is 0 Å². The van der Waals surface area contributed by atoms with Crippen molar-refractivity contribution in [1.82, 2.24) is 4.98 Å². The van der Waals surface area contributed by atoms with Gasteiger partial charge in [-0.15, -0.1) is 11.6 Å². The molecule has 0 aliphatic carbocycles. The Hall–Kier alpha value is -1.28. The van der Waals surface area contributed by atoms with Crippen LogP contribution in [0.5, 0.6) is 0 Å². The van der Waals surface area contributed by atoms with Gasteiger partial charge in [0.25, 0.3) is 0 Å². The van der Waals surface area contributed by atoms with E-state index in [9.17, 15) is 0 Å². The molecule has 84 valence electrons. The zero-order valence-corrected chi connectivity index (χ0v) is 10.0. The summed E-state index contributed by atoms with van der Waals surface area (Å²) < 4.78 is 0. The molecule has 2 aromatic rings. The van der Waals surface area contributed by atoms with E-state index in [-0.39, 0.29) is 6.04 Å². The average molecular weight is 235 g/mol. The van der Waals surface area contributed by atoms with Crippen LogP contribution in [0.15, 0.2) is 36.5 Å². The van der Waals surface area contributed by atoms with Crippen molar-refractivity contribution in [2.75, 3.05) is 11.2 Å². The van der Waals surface area contributed by atoms with Crippen LogP contribution in [-0.2, 0) is 0 Å². The van der Waals surface area contributed by atoms with Gasteiger partial charge < -0.3 is 5.32 Å². The highest BCUT2D eigenvalue weighted by Gasteiger charge is 2.07. The minimum absolute atomic E-state index is 0.278. The third-order valence-corrected chi connectivity index (χ3v) is 3.07. The molecule has 1 N–H and O–H groups in total. The predicted molar refractivity (Wildman–Crippen MR) is 70.2 cm³/mol. The molecule has 1 atom stereocenters. The first-order chi connectivity index (χ1) is 7.85. The van der Waals surface area contributed by atoms with Crippen molar-refractivity contribution in [3.8, 4) is 0 Å². The minimum atomic E-state index is 0.278. The van der Waals surface area contributed by atoms with Gasteiger partial charge in [0.15, 0.2) is 0 Å². The Balaban J connectivity index is 2.36. The van der Waals surface area contributed by atoms with E-state index >= 15 is 0 Å². The molecule has 0 amide bonds. The van der Waals surface area contributed by atoms with Gasteiger partial charge in [-0.05, 0) is 17.9 Å². The zero-order chi connectivity index (χ0) is 11.4. The van der Waals surface area contributed by atoms with E-state index < -0.39 is 0 Å². The quantitative estimate of drug-likeness (QED) is 0.817. The molecule has 1 heterocycles. The molecule has 0 spiro atoms. The SMILES string of the molecule is CCC(CCl)Nc1nccc2ccccc12. The fourth-order valence-corrected chi connectivity index (χ4v) is 1.97. The molecule has 0 radical (unpaired) electrons. The van der Waals surface area contributed by atoms with E-state index in [4.69, 9.17) is 11.6 Å². The zero-order valence-electron chi connectivity index (χ0n) is 9.28. The van der Waals surface area contributed by atoms with E-state index in [2.05, 4.69) is 29.4 Å². The highest BCUT2D eigenvalue weighted by atomic mass is 35.5. The van der Waals surface area contributed by atoms with Crippen molar-refractivity contribution < 1.29 is 0 Å². The minimum Gasteiger partial charge on any atom is -0.366 e. The van der Waals surface area contributed by atoms with Gasteiger partial charge in [0.1, 0.15) is 5.82 Å². The summed E-state index contributed by atoms with van der Waals surface area (Å²) >= 11 is 5.88. The normalized spacial score (nSPS) is 12.6. The summed E-state index contributed by atoms with van der Waals surface area (Å²) in [5.74, 6) is 1.52. The van der Waals surface area contributed by atoms with E-state index in [1.165, 1.54) is 5.39 Å². The standard InChI is InChI=1S/C13H15ClN2/c1-2-11(9-14)16-13-12-6-4-3-5-10(12)7-8-15-13/h3-8,11H,2,9H2,1H3,(H,15,16).